The predicted octanol–water partition coefficient (Wildman–Crippen LogP) is 5.03. The first-order valence-corrected chi connectivity index (χ1v) is 11.8. The first kappa shape index (κ1) is 21.4. The molecule has 0 spiro atoms. The number of carbonyl (C=O) groups is 1. The van der Waals surface area contributed by atoms with Gasteiger partial charge in [0.05, 0.1) is 29.0 Å². The first-order chi connectivity index (χ1) is 15.2. The molecule has 1 aliphatic rings. The number of thioether (sulfide) groups is 1. The highest BCUT2D eigenvalue weighted by Gasteiger charge is 2.22. The number of nitrogens with one attached hydrogen (secondary N) is 1. The zero-order chi connectivity index (χ0) is 21.6. The quantitative estimate of drug-likeness (QED) is 0.414. The molecule has 0 bridgehead atoms. The van der Waals surface area contributed by atoms with Gasteiger partial charge in [0.15, 0.2) is 5.16 Å². The number of hydrogen-bond donors (Lipinski definition) is 1. The van der Waals surface area contributed by atoms with Crippen LogP contribution in [0.2, 0.25) is 0 Å². The van der Waals surface area contributed by atoms with Crippen molar-refractivity contribution in [1.29, 1.82) is 0 Å². The Morgan fingerprint density at radius 3 is 2.68 bits per heavy atom. The van der Waals surface area contributed by atoms with Gasteiger partial charge in [-0.05, 0) is 44.0 Å². The minimum atomic E-state index is -0.158. The average Bonchev–Trinajstić information content (AvgIpc) is 2.80. The van der Waals surface area contributed by atoms with Crippen molar-refractivity contribution in [2.75, 3.05) is 17.7 Å². The lowest BCUT2D eigenvalue weighted by atomic mass is 9.95. The summed E-state index contributed by atoms with van der Waals surface area (Å²) in [6, 6.07) is 15.0. The minimum Gasteiger partial charge on any atom is -0.492 e. The largest absolute Gasteiger partial charge is 0.492 e. The number of fused-ring (bicyclic) bond motifs is 1. The molecule has 0 atom stereocenters. The van der Waals surface area contributed by atoms with Crippen LogP contribution in [-0.4, -0.2) is 27.8 Å². The van der Waals surface area contributed by atoms with Crippen LogP contribution in [0.4, 0.5) is 5.69 Å². The van der Waals surface area contributed by atoms with Crippen molar-refractivity contribution in [2.24, 2.45) is 0 Å². The van der Waals surface area contributed by atoms with Crippen LogP contribution in [0.3, 0.4) is 0 Å². The van der Waals surface area contributed by atoms with E-state index in [1.165, 1.54) is 18.2 Å². The summed E-state index contributed by atoms with van der Waals surface area (Å²) >= 11 is 1.32. The van der Waals surface area contributed by atoms with Gasteiger partial charge in [-0.3, -0.25) is 14.2 Å². The molecule has 162 valence electrons. The van der Waals surface area contributed by atoms with Gasteiger partial charge in [-0.1, -0.05) is 55.3 Å². The highest BCUT2D eigenvalue weighted by Crippen LogP contribution is 2.31. The fraction of sp³-hybridized carbons (Fsp3) is 0.375. The summed E-state index contributed by atoms with van der Waals surface area (Å²) < 4.78 is 7.41. The molecule has 0 saturated heterocycles. The molecular weight excluding hydrogens is 410 g/mol. The van der Waals surface area contributed by atoms with E-state index in [0.717, 1.165) is 25.7 Å². The zero-order valence-electron chi connectivity index (χ0n) is 17.7. The standard InChI is InChI=1S/C24H27N3O3S/c1-2-30-21-15-9-8-14-20(21)25-22(28)16-31-24-26-19-13-7-6-12-18(19)23(29)27(24)17-10-4-3-5-11-17/h6-9,12-15,17H,2-5,10-11,16H2,1H3,(H,25,28). The van der Waals surface area contributed by atoms with E-state index < -0.39 is 0 Å². The molecule has 1 aliphatic carbocycles. The molecule has 1 N–H and O–H groups in total. The third-order valence-corrected chi connectivity index (χ3v) is 6.46. The highest BCUT2D eigenvalue weighted by atomic mass is 32.2. The highest BCUT2D eigenvalue weighted by molar-refractivity contribution is 7.99. The molecule has 6 nitrogen and oxygen atoms in total. The zero-order valence-corrected chi connectivity index (χ0v) is 18.5. The lowest BCUT2D eigenvalue weighted by Crippen LogP contribution is -2.29. The van der Waals surface area contributed by atoms with Crippen LogP contribution in [0.1, 0.15) is 45.1 Å². The van der Waals surface area contributed by atoms with Gasteiger partial charge in [0.2, 0.25) is 5.91 Å². The smallest absolute Gasteiger partial charge is 0.262 e. The number of ether oxygens (including phenoxy) is 1. The Bertz CT molecular complexity index is 1120. The van der Waals surface area contributed by atoms with Crippen LogP contribution >= 0.6 is 11.8 Å². The Labute approximate surface area is 186 Å². The molecule has 1 saturated carbocycles. The maximum absolute atomic E-state index is 13.3. The van der Waals surface area contributed by atoms with Crippen LogP contribution in [0, 0.1) is 0 Å². The number of hydrogen-bond acceptors (Lipinski definition) is 5. The Morgan fingerprint density at radius 1 is 1.13 bits per heavy atom. The van der Waals surface area contributed by atoms with Crippen LogP contribution in [0.15, 0.2) is 58.5 Å². The van der Waals surface area contributed by atoms with Crippen LogP contribution in [-0.2, 0) is 4.79 Å². The normalized spacial score (nSPS) is 14.5. The second kappa shape index (κ2) is 10.0. The lowest BCUT2D eigenvalue weighted by molar-refractivity contribution is -0.113. The van der Waals surface area contributed by atoms with Crippen molar-refractivity contribution in [3.05, 3.63) is 58.9 Å². The molecular formula is C24H27N3O3S. The van der Waals surface area contributed by atoms with E-state index in [0.29, 0.717) is 34.1 Å². The number of anilines is 1. The molecule has 1 heterocycles. The van der Waals surface area contributed by atoms with Crippen molar-refractivity contribution < 1.29 is 9.53 Å². The minimum absolute atomic E-state index is 0.0119. The summed E-state index contributed by atoms with van der Waals surface area (Å²) in [5, 5.41) is 4.16. The van der Waals surface area contributed by atoms with Crippen molar-refractivity contribution >= 4 is 34.3 Å². The van der Waals surface area contributed by atoms with Crippen LogP contribution < -0.4 is 15.6 Å². The van der Waals surface area contributed by atoms with Crippen LogP contribution in [0.5, 0.6) is 5.75 Å². The fourth-order valence-corrected chi connectivity index (χ4v) is 4.92. The molecule has 0 aliphatic heterocycles. The monoisotopic (exact) mass is 437 g/mol. The number of rotatable bonds is 7. The number of carbonyl (C=O) groups excluding carboxylic acids is 1. The van der Waals surface area contributed by atoms with E-state index in [2.05, 4.69) is 5.32 Å². The number of amides is 1. The molecule has 1 aromatic heterocycles. The maximum atomic E-state index is 13.3. The van der Waals surface area contributed by atoms with E-state index in [-0.39, 0.29) is 23.3 Å². The molecule has 7 heteroatoms. The summed E-state index contributed by atoms with van der Waals surface area (Å²) in [5.41, 5.74) is 1.30. The van der Waals surface area contributed by atoms with Crippen molar-refractivity contribution in [3.63, 3.8) is 0 Å². The Morgan fingerprint density at radius 2 is 1.87 bits per heavy atom. The maximum Gasteiger partial charge on any atom is 0.262 e. The third kappa shape index (κ3) is 4.93. The van der Waals surface area contributed by atoms with Crippen molar-refractivity contribution in [1.82, 2.24) is 9.55 Å². The first-order valence-electron chi connectivity index (χ1n) is 10.8. The van der Waals surface area contributed by atoms with Gasteiger partial charge >= 0.3 is 0 Å². The van der Waals surface area contributed by atoms with E-state index in [1.807, 2.05) is 60.0 Å². The SMILES string of the molecule is CCOc1ccccc1NC(=O)CSc1nc2ccccc2c(=O)n1C1CCCCC1. The van der Waals surface area contributed by atoms with E-state index >= 15 is 0 Å². The molecule has 0 radical (unpaired) electrons. The van der Waals surface area contributed by atoms with Gasteiger partial charge in [0.1, 0.15) is 5.75 Å². The number of benzene rings is 2. The Balaban J connectivity index is 1.57. The summed E-state index contributed by atoms with van der Waals surface area (Å²) in [6.07, 6.45) is 5.38. The molecule has 1 amide bonds. The van der Waals surface area contributed by atoms with Gasteiger partial charge in [-0.2, -0.15) is 0 Å². The van der Waals surface area contributed by atoms with E-state index in [4.69, 9.17) is 9.72 Å². The van der Waals surface area contributed by atoms with Gasteiger partial charge < -0.3 is 10.1 Å². The molecule has 31 heavy (non-hydrogen) atoms. The fourth-order valence-electron chi connectivity index (χ4n) is 4.06. The number of para-hydroxylation sites is 3. The van der Waals surface area contributed by atoms with E-state index in [9.17, 15) is 9.59 Å². The Kier molecular flexibility index (Phi) is 6.92. The molecule has 4 rings (SSSR count). The van der Waals surface area contributed by atoms with Gasteiger partial charge in [0, 0.05) is 6.04 Å². The summed E-state index contributed by atoms with van der Waals surface area (Å²) in [5.74, 6) is 0.652. The van der Waals surface area contributed by atoms with Crippen molar-refractivity contribution in [2.45, 2.75) is 50.2 Å². The second-order valence-electron chi connectivity index (χ2n) is 7.64. The van der Waals surface area contributed by atoms with Crippen molar-refractivity contribution in [3.8, 4) is 5.75 Å². The topological polar surface area (TPSA) is 73.2 Å². The van der Waals surface area contributed by atoms with Gasteiger partial charge in [-0.25, -0.2) is 4.98 Å². The molecule has 2 aromatic carbocycles. The average molecular weight is 438 g/mol. The lowest BCUT2D eigenvalue weighted by Gasteiger charge is -2.26. The molecule has 3 aromatic rings. The Hall–Kier alpha value is -2.80. The predicted molar refractivity (Wildman–Crippen MR) is 125 cm³/mol. The van der Waals surface area contributed by atoms with E-state index in [1.54, 1.807) is 0 Å². The van der Waals surface area contributed by atoms with Crippen LogP contribution in [0.25, 0.3) is 10.9 Å². The molecule has 0 unspecified atom stereocenters. The number of aromatic nitrogens is 2. The van der Waals surface area contributed by atoms with Gasteiger partial charge in [0.25, 0.3) is 5.56 Å². The summed E-state index contributed by atoms with van der Waals surface area (Å²) in [6.45, 7) is 2.43. The molecule has 1 fully saturated rings. The number of nitrogens with zero attached hydrogens (tertiary/aromatic N) is 2. The summed E-state index contributed by atoms with van der Waals surface area (Å²) in [4.78, 5) is 30.7. The van der Waals surface area contributed by atoms with Gasteiger partial charge in [-0.15, -0.1) is 0 Å². The summed E-state index contributed by atoms with van der Waals surface area (Å²) in [7, 11) is 0. The third-order valence-electron chi connectivity index (χ3n) is 5.51. The second-order valence-corrected chi connectivity index (χ2v) is 8.59.